The van der Waals surface area contributed by atoms with E-state index in [0.29, 0.717) is 10.0 Å². The third-order valence-corrected chi connectivity index (χ3v) is 4.16. The Morgan fingerprint density at radius 1 is 1.53 bits per heavy atom. The average Bonchev–Trinajstić information content (AvgIpc) is 2.27. The first-order chi connectivity index (χ1) is 8.06. The van der Waals surface area contributed by atoms with E-state index < -0.39 is 0 Å². The number of amides is 1. The van der Waals surface area contributed by atoms with Crippen LogP contribution in [0.5, 0.6) is 0 Å². The fourth-order valence-corrected chi connectivity index (χ4v) is 2.50. The Balaban J connectivity index is 2.11. The van der Waals surface area contributed by atoms with Gasteiger partial charge in [0.15, 0.2) is 0 Å². The summed E-state index contributed by atoms with van der Waals surface area (Å²) in [5.74, 6) is -0.470. The van der Waals surface area contributed by atoms with E-state index in [2.05, 4.69) is 28.2 Å². The van der Waals surface area contributed by atoms with Crippen LogP contribution in [0.1, 0.15) is 43.0 Å². The highest BCUT2D eigenvalue weighted by atomic mass is 79.9. The fraction of sp³-hybridized carbons (Fsp3) is 0.462. The molecule has 0 aromatic heterocycles. The molecule has 1 aliphatic rings. The largest absolute Gasteiger partial charge is 0.347 e. The van der Waals surface area contributed by atoms with Crippen molar-refractivity contribution in [2.45, 2.75) is 38.1 Å². The number of nitrogens with one attached hydrogen (secondary N) is 1. The van der Waals surface area contributed by atoms with Crippen molar-refractivity contribution in [1.82, 2.24) is 5.32 Å². The van der Waals surface area contributed by atoms with Gasteiger partial charge in [-0.05, 0) is 59.8 Å². The van der Waals surface area contributed by atoms with E-state index in [9.17, 15) is 9.18 Å². The van der Waals surface area contributed by atoms with Gasteiger partial charge in [-0.1, -0.05) is 6.92 Å². The van der Waals surface area contributed by atoms with Crippen molar-refractivity contribution in [2.24, 2.45) is 0 Å². The monoisotopic (exact) mass is 299 g/mol. The Morgan fingerprint density at radius 3 is 2.71 bits per heavy atom. The van der Waals surface area contributed by atoms with Gasteiger partial charge in [-0.2, -0.15) is 0 Å². The van der Waals surface area contributed by atoms with Gasteiger partial charge in [0.1, 0.15) is 5.82 Å². The molecule has 2 nitrogen and oxygen atoms in total. The summed E-state index contributed by atoms with van der Waals surface area (Å²) in [7, 11) is 0. The van der Waals surface area contributed by atoms with Gasteiger partial charge in [0, 0.05) is 11.1 Å². The normalized spacial score (nSPS) is 17.4. The first kappa shape index (κ1) is 12.6. The topological polar surface area (TPSA) is 29.1 Å². The van der Waals surface area contributed by atoms with Gasteiger partial charge in [0.25, 0.3) is 5.91 Å². The molecule has 0 heterocycles. The van der Waals surface area contributed by atoms with Crippen molar-refractivity contribution in [2.75, 3.05) is 0 Å². The second-order valence-corrected chi connectivity index (χ2v) is 5.42. The van der Waals surface area contributed by atoms with Crippen molar-refractivity contribution in [1.29, 1.82) is 0 Å². The zero-order valence-electron chi connectivity index (χ0n) is 9.72. The molecule has 2 rings (SSSR count). The van der Waals surface area contributed by atoms with E-state index in [0.717, 1.165) is 19.3 Å². The van der Waals surface area contributed by atoms with Crippen LogP contribution in [0.25, 0.3) is 0 Å². The van der Waals surface area contributed by atoms with Crippen molar-refractivity contribution >= 4 is 21.8 Å². The van der Waals surface area contributed by atoms with Crippen molar-refractivity contribution in [3.05, 3.63) is 34.1 Å². The van der Waals surface area contributed by atoms with Crippen LogP contribution in [0.3, 0.4) is 0 Å². The van der Waals surface area contributed by atoms with Crippen molar-refractivity contribution in [3.8, 4) is 0 Å². The number of halogens is 2. The van der Waals surface area contributed by atoms with Gasteiger partial charge in [0.05, 0.1) is 4.47 Å². The Kier molecular flexibility index (Phi) is 3.52. The molecule has 1 fully saturated rings. The van der Waals surface area contributed by atoms with Gasteiger partial charge in [-0.3, -0.25) is 4.79 Å². The molecule has 0 saturated heterocycles. The van der Waals surface area contributed by atoms with Crippen molar-refractivity contribution in [3.63, 3.8) is 0 Å². The SMILES string of the molecule is CCC1(NC(=O)c2ccc(F)c(Br)c2)CCC1. The highest BCUT2D eigenvalue weighted by Crippen LogP contribution is 2.34. The van der Waals surface area contributed by atoms with E-state index in [1.54, 1.807) is 0 Å². The summed E-state index contributed by atoms with van der Waals surface area (Å²) < 4.78 is 13.4. The maximum absolute atomic E-state index is 13.1. The minimum absolute atomic E-state index is 0.0298. The number of carbonyl (C=O) groups excluding carboxylic acids is 1. The Labute approximate surface area is 109 Å². The van der Waals surface area contributed by atoms with E-state index in [4.69, 9.17) is 0 Å². The molecule has 0 unspecified atom stereocenters. The molecule has 0 atom stereocenters. The number of carbonyl (C=O) groups is 1. The minimum atomic E-state index is -0.351. The molecule has 0 aliphatic heterocycles. The molecule has 1 amide bonds. The highest BCUT2D eigenvalue weighted by molar-refractivity contribution is 9.10. The van der Waals surface area contributed by atoms with E-state index in [1.165, 1.54) is 24.6 Å². The van der Waals surface area contributed by atoms with Crippen LogP contribution in [0.15, 0.2) is 22.7 Å². The van der Waals surface area contributed by atoms with Crippen molar-refractivity contribution < 1.29 is 9.18 Å². The highest BCUT2D eigenvalue weighted by Gasteiger charge is 2.36. The number of rotatable bonds is 3. The van der Waals surface area contributed by atoms with Gasteiger partial charge < -0.3 is 5.32 Å². The first-order valence-electron chi connectivity index (χ1n) is 5.84. The van der Waals surface area contributed by atoms with Crippen LogP contribution >= 0.6 is 15.9 Å². The lowest BCUT2D eigenvalue weighted by Crippen LogP contribution is -2.52. The van der Waals surface area contributed by atoms with Gasteiger partial charge in [-0.15, -0.1) is 0 Å². The lowest BCUT2D eigenvalue weighted by molar-refractivity contribution is 0.0820. The predicted molar refractivity (Wildman–Crippen MR) is 68.4 cm³/mol. The molecule has 1 aliphatic carbocycles. The first-order valence-corrected chi connectivity index (χ1v) is 6.63. The molecular formula is C13H15BrFNO. The number of hydrogen-bond acceptors (Lipinski definition) is 1. The third kappa shape index (κ3) is 2.51. The molecule has 0 spiro atoms. The second kappa shape index (κ2) is 4.77. The van der Waals surface area contributed by atoms with E-state index in [-0.39, 0.29) is 17.3 Å². The minimum Gasteiger partial charge on any atom is -0.347 e. The van der Waals surface area contributed by atoms with Crippen LogP contribution in [-0.4, -0.2) is 11.4 Å². The summed E-state index contributed by atoms with van der Waals surface area (Å²) in [5.41, 5.74) is 0.468. The summed E-state index contributed by atoms with van der Waals surface area (Å²) in [6.07, 6.45) is 4.19. The number of benzene rings is 1. The quantitative estimate of drug-likeness (QED) is 0.907. The van der Waals surface area contributed by atoms with Crippen LogP contribution < -0.4 is 5.32 Å². The Hall–Kier alpha value is -0.900. The second-order valence-electron chi connectivity index (χ2n) is 4.57. The van der Waals surface area contributed by atoms with Gasteiger partial charge in [0.2, 0.25) is 0 Å². The number of hydrogen-bond donors (Lipinski definition) is 1. The Bertz CT molecular complexity index is 438. The van der Waals surface area contributed by atoms with Crippen LogP contribution in [0.4, 0.5) is 4.39 Å². The predicted octanol–water partition coefficient (Wildman–Crippen LogP) is 3.65. The van der Waals surface area contributed by atoms with Crippen LogP contribution in [0, 0.1) is 5.82 Å². The molecule has 0 bridgehead atoms. The molecule has 4 heteroatoms. The average molecular weight is 300 g/mol. The molecule has 1 N–H and O–H groups in total. The molecule has 92 valence electrons. The molecule has 1 aromatic rings. The zero-order valence-corrected chi connectivity index (χ0v) is 11.3. The summed E-state index contributed by atoms with van der Waals surface area (Å²) in [6, 6.07) is 4.34. The van der Waals surface area contributed by atoms with Gasteiger partial charge in [-0.25, -0.2) is 4.39 Å². The lowest BCUT2D eigenvalue weighted by atomic mass is 9.74. The molecule has 1 aromatic carbocycles. The third-order valence-electron chi connectivity index (χ3n) is 3.55. The fourth-order valence-electron chi connectivity index (χ4n) is 2.12. The van der Waals surface area contributed by atoms with E-state index in [1.807, 2.05) is 0 Å². The standard InChI is InChI=1S/C13H15BrFNO/c1-2-13(6-3-7-13)16-12(17)9-4-5-11(15)10(14)8-9/h4-5,8H,2-3,6-7H2,1H3,(H,16,17). The van der Waals surface area contributed by atoms with Crippen LogP contribution in [-0.2, 0) is 0 Å². The van der Waals surface area contributed by atoms with E-state index >= 15 is 0 Å². The Morgan fingerprint density at radius 2 is 2.24 bits per heavy atom. The smallest absolute Gasteiger partial charge is 0.251 e. The summed E-state index contributed by atoms with van der Waals surface area (Å²) in [6.45, 7) is 2.08. The van der Waals surface area contributed by atoms with Crippen LogP contribution in [0.2, 0.25) is 0 Å². The molecule has 1 saturated carbocycles. The summed E-state index contributed by atoms with van der Waals surface area (Å²) in [5, 5.41) is 3.06. The van der Waals surface area contributed by atoms with Gasteiger partial charge >= 0.3 is 0 Å². The zero-order chi connectivity index (χ0) is 12.5. The molecule has 0 radical (unpaired) electrons. The molecule has 17 heavy (non-hydrogen) atoms. The lowest BCUT2D eigenvalue weighted by Gasteiger charge is -2.42. The maximum atomic E-state index is 13.1. The molecular weight excluding hydrogens is 285 g/mol. The summed E-state index contributed by atoms with van der Waals surface area (Å²) >= 11 is 3.09. The summed E-state index contributed by atoms with van der Waals surface area (Å²) in [4.78, 5) is 12.0. The maximum Gasteiger partial charge on any atom is 0.251 e.